The highest BCUT2D eigenvalue weighted by Gasteiger charge is 2.38. The van der Waals surface area contributed by atoms with E-state index in [1.165, 1.54) is 7.11 Å². The fourth-order valence-electron chi connectivity index (χ4n) is 3.92. The quantitative estimate of drug-likeness (QED) is 0.418. The molecular weight excluding hydrogens is 419 g/mol. The van der Waals surface area contributed by atoms with Gasteiger partial charge in [-0.25, -0.2) is 4.98 Å². The van der Waals surface area contributed by atoms with Crippen molar-refractivity contribution < 1.29 is 14.3 Å². The van der Waals surface area contributed by atoms with Crippen LogP contribution in [0.2, 0.25) is 0 Å². The average Bonchev–Trinajstić information content (AvgIpc) is 3.29. The first-order valence-corrected chi connectivity index (χ1v) is 11.6. The van der Waals surface area contributed by atoms with Crippen LogP contribution in [0.3, 0.4) is 0 Å². The summed E-state index contributed by atoms with van der Waals surface area (Å²) in [7, 11) is 7.24. The smallest absolute Gasteiger partial charge is 0.311 e. The number of ether oxygens (including phenoxy) is 2. The summed E-state index contributed by atoms with van der Waals surface area (Å²) < 4.78 is 11.1. The van der Waals surface area contributed by atoms with Crippen molar-refractivity contribution >= 4 is 35.7 Å². The summed E-state index contributed by atoms with van der Waals surface area (Å²) in [6, 6.07) is 13.9. The molecule has 7 heteroatoms. The number of esters is 1. The number of benzene rings is 2. The first-order chi connectivity index (χ1) is 15.4. The third kappa shape index (κ3) is 4.83. The molecule has 2 radical (unpaired) electrons. The minimum atomic E-state index is -0.412. The molecule has 0 bridgehead atoms. The van der Waals surface area contributed by atoms with Gasteiger partial charge in [0.1, 0.15) is 20.2 Å². The highest BCUT2D eigenvalue weighted by atomic mass is 32.1. The molecule has 1 saturated heterocycles. The van der Waals surface area contributed by atoms with Crippen LogP contribution in [0.4, 0.5) is 5.13 Å². The molecule has 0 saturated carbocycles. The summed E-state index contributed by atoms with van der Waals surface area (Å²) in [5, 5.41) is 3.05. The Hall–Kier alpha value is -2.80. The van der Waals surface area contributed by atoms with Crippen LogP contribution in [0.5, 0.6) is 5.75 Å². The zero-order valence-electron chi connectivity index (χ0n) is 18.8. The highest BCUT2D eigenvalue weighted by molar-refractivity contribution is 7.14. The van der Waals surface area contributed by atoms with Gasteiger partial charge in [0, 0.05) is 24.0 Å². The van der Waals surface area contributed by atoms with Crippen molar-refractivity contribution in [3.8, 4) is 17.0 Å². The largest absolute Gasteiger partial charge is 0.488 e. The standard InChI is InChI=1S/C25H27BN2O3S/c1-17-4-9-22(31-15-18-5-7-19(26)8-6-18)20(14-17)21-16-32-24(27-21)28-12-10-25(2,11-13-28)23(29)30-3/h4-9,14,16H,10-13,15H2,1-3H3. The number of anilines is 1. The number of nitrogens with zero attached hydrogens (tertiary/aromatic N) is 2. The monoisotopic (exact) mass is 446 g/mol. The van der Waals surface area contributed by atoms with Crippen molar-refractivity contribution in [2.24, 2.45) is 5.41 Å². The van der Waals surface area contributed by atoms with Gasteiger partial charge in [0.2, 0.25) is 0 Å². The van der Waals surface area contributed by atoms with Gasteiger partial charge in [-0.2, -0.15) is 0 Å². The summed E-state index contributed by atoms with van der Waals surface area (Å²) >= 11 is 1.63. The summed E-state index contributed by atoms with van der Waals surface area (Å²) in [5.74, 6) is 0.681. The van der Waals surface area contributed by atoms with Gasteiger partial charge in [0.05, 0.1) is 18.2 Å². The van der Waals surface area contributed by atoms with E-state index >= 15 is 0 Å². The van der Waals surface area contributed by atoms with Gasteiger partial charge >= 0.3 is 5.97 Å². The van der Waals surface area contributed by atoms with Gasteiger partial charge in [-0.3, -0.25) is 4.79 Å². The summed E-state index contributed by atoms with van der Waals surface area (Å²) in [6.07, 6.45) is 1.52. The molecule has 164 valence electrons. The molecule has 1 aromatic heterocycles. The van der Waals surface area contributed by atoms with Crippen LogP contribution in [0, 0.1) is 12.3 Å². The number of rotatable bonds is 6. The van der Waals surface area contributed by atoms with Crippen molar-refractivity contribution in [1.29, 1.82) is 0 Å². The van der Waals surface area contributed by atoms with E-state index in [1.807, 2.05) is 43.3 Å². The predicted molar refractivity (Wildman–Crippen MR) is 130 cm³/mol. The molecule has 0 aliphatic carbocycles. The average molecular weight is 446 g/mol. The lowest BCUT2D eigenvalue weighted by Gasteiger charge is -2.37. The van der Waals surface area contributed by atoms with Crippen LogP contribution in [-0.4, -0.2) is 39.0 Å². The Labute approximate surface area is 194 Å². The van der Waals surface area contributed by atoms with E-state index < -0.39 is 5.41 Å². The minimum Gasteiger partial charge on any atom is -0.488 e. The Morgan fingerprint density at radius 1 is 1.19 bits per heavy atom. The van der Waals surface area contributed by atoms with E-state index in [0.717, 1.165) is 64.7 Å². The molecule has 3 aromatic rings. The number of hydrogen-bond donors (Lipinski definition) is 0. The Kier molecular flexibility index (Phi) is 6.56. The number of aryl methyl sites for hydroxylation is 1. The van der Waals surface area contributed by atoms with Gasteiger partial charge in [0.15, 0.2) is 5.13 Å². The molecule has 1 aliphatic heterocycles. The number of piperidine rings is 1. The number of aromatic nitrogens is 1. The first-order valence-electron chi connectivity index (χ1n) is 10.7. The molecule has 0 N–H and O–H groups in total. The van der Waals surface area contributed by atoms with Crippen LogP contribution in [-0.2, 0) is 16.1 Å². The molecule has 2 aromatic carbocycles. The van der Waals surface area contributed by atoms with Gasteiger partial charge in [-0.15, -0.1) is 11.3 Å². The maximum Gasteiger partial charge on any atom is 0.311 e. The van der Waals surface area contributed by atoms with Crippen molar-refractivity contribution in [2.45, 2.75) is 33.3 Å². The van der Waals surface area contributed by atoms with Crippen LogP contribution >= 0.6 is 11.3 Å². The van der Waals surface area contributed by atoms with Crippen LogP contribution in [0.25, 0.3) is 11.3 Å². The van der Waals surface area contributed by atoms with E-state index in [2.05, 4.69) is 23.3 Å². The molecule has 1 aliphatic rings. The predicted octanol–water partition coefficient (Wildman–Crippen LogP) is 4.27. The summed E-state index contributed by atoms with van der Waals surface area (Å²) in [6.45, 7) is 6.09. The number of methoxy groups -OCH3 is 1. The third-order valence-corrected chi connectivity index (χ3v) is 6.99. The molecule has 0 unspecified atom stereocenters. The zero-order chi connectivity index (χ0) is 22.7. The molecule has 0 amide bonds. The Morgan fingerprint density at radius 3 is 2.59 bits per heavy atom. The lowest BCUT2D eigenvalue weighted by Crippen LogP contribution is -2.43. The fraction of sp³-hybridized carbons (Fsp3) is 0.360. The highest BCUT2D eigenvalue weighted by Crippen LogP contribution is 2.38. The topological polar surface area (TPSA) is 51.7 Å². The minimum absolute atomic E-state index is 0.125. The van der Waals surface area contributed by atoms with E-state index in [1.54, 1.807) is 11.3 Å². The second kappa shape index (κ2) is 9.37. The van der Waals surface area contributed by atoms with E-state index in [-0.39, 0.29) is 5.97 Å². The maximum absolute atomic E-state index is 12.1. The Bertz CT molecular complexity index is 1090. The van der Waals surface area contributed by atoms with E-state index in [9.17, 15) is 4.79 Å². The molecule has 5 nitrogen and oxygen atoms in total. The molecule has 2 heterocycles. The van der Waals surface area contributed by atoms with Gasteiger partial charge in [0.25, 0.3) is 0 Å². The van der Waals surface area contributed by atoms with Gasteiger partial charge < -0.3 is 14.4 Å². The molecule has 0 spiro atoms. The van der Waals surface area contributed by atoms with Gasteiger partial charge in [-0.05, 0) is 44.4 Å². The third-order valence-electron chi connectivity index (χ3n) is 6.09. The lowest BCUT2D eigenvalue weighted by atomic mass is 9.80. The van der Waals surface area contributed by atoms with Crippen molar-refractivity contribution in [2.75, 3.05) is 25.1 Å². The zero-order valence-corrected chi connectivity index (χ0v) is 19.6. The van der Waals surface area contributed by atoms with Crippen molar-refractivity contribution in [3.63, 3.8) is 0 Å². The van der Waals surface area contributed by atoms with Crippen LogP contribution < -0.4 is 15.1 Å². The SMILES string of the molecule is [B]c1ccc(COc2ccc(C)cc2-c2csc(N3CCC(C)(C(=O)OC)CC3)n2)cc1. The number of hydrogen-bond acceptors (Lipinski definition) is 6. The van der Waals surface area contributed by atoms with E-state index in [0.29, 0.717) is 6.61 Å². The van der Waals surface area contributed by atoms with E-state index in [4.69, 9.17) is 22.3 Å². The van der Waals surface area contributed by atoms with Crippen molar-refractivity contribution in [1.82, 2.24) is 4.98 Å². The Morgan fingerprint density at radius 2 is 1.91 bits per heavy atom. The fourth-order valence-corrected chi connectivity index (χ4v) is 4.80. The molecular formula is C25H27BN2O3S. The van der Waals surface area contributed by atoms with Crippen molar-refractivity contribution in [3.05, 3.63) is 59.0 Å². The number of thiazole rings is 1. The van der Waals surface area contributed by atoms with Crippen LogP contribution in [0.15, 0.2) is 47.8 Å². The molecule has 4 rings (SSSR count). The van der Waals surface area contributed by atoms with Crippen LogP contribution in [0.1, 0.15) is 30.9 Å². The molecule has 1 fully saturated rings. The molecule has 0 atom stereocenters. The Balaban J connectivity index is 1.49. The normalized spacial score (nSPS) is 15.4. The number of carbonyl (C=O) groups excluding carboxylic acids is 1. The van der Waals surface area contributed by atoms with Gasteiger partial charge in [-0.1, -0.05) is 41.4 Å². The molecule has 32 heavy (non-hydrogen) atoms. The second-order valence-corrected chi connectivity index (χ2v) is 9.42. The second-order valence-electron chi connectivity index (χ2n) is 8.58. The number of carbonyl (C=O) groups is 1. The summed E-state index contributed by atoms with van der Waals surface area (Å²) in [4.78, 5) is 19.3. The maximum atomic E-state index is 12.1. The first kappa shape index (κ1) is 22.4. The lowest BCUT2D eigenvalue weighted by molar-refractivity contribution is -0.152. The summed E-state index contributed by atoms with van der Waals surface area (Å²) in [5.41, 5.74) is 4.43.